The lowest BCUT2D eigenvalue weighted by Gasteiger charge is -2.48. The average molecular weight is 362 g/mol. The second kappa shape index (κ2) is 7.62. The number of benzene rings is 1. The fourth-order valence-corrected chi connectivity index (χ4v) is 4.46. The quantitative estimate of drug-likeness (QED) is 0.828. The van der Waals surface area contributed by atoms with Gasteiger partial charge < -0.3 is 19.3 Å². The molecule has 3 aliphatic rings. The van der Waals surface area contributed by atoms with Gasteiger partial charge in [0, 0.05) is 32.0 Å². The van der Waals surface area contributed by atoms with Gasteiger partial charge in [-0.1, -0.05) is 0 Å². The van der Waals surface area contributed by atoms with Gasteiger partial charge in [0.05, 0.1) is 12.1 Å². The molecule has 0 aliphatic carbocycles. The number of likely N-dealkylation sites (tertiary alicyclic amines) is 1. The summed E-state index contributed by atoms with van der Waals surface area (Å²) in [5.41, 5.74) is 0.437. The third-order valence-corrected chi connectivity index (χ3v) is 5.86. The molecule has 1 atom stereocenters. The van der Waals surface area contributed by atoms with Crippen LogP contribution in [0.3, 0.4) is 0 Å². The van der Waals surface area contributed by atoms with Crippen LogP contribution in [0.15, 0.2) is 24.3 Å². The molecule has 0 aromatic heterocycles. The highest BCUT2D eigenvalue weighted by atomic mass is 19.1. The number of carbonyl (C=O) groups is 1. The van der Waals surface area contributed by atoms with Crippen LogP contribution in [-0.4, -0.2) is 62.4 Å². The smallest absolute Gasteiger partial charge is 0.253 e. The van der Waals surface area contributed by atoms with Crippen LogP contribution in [0.4, 0.5) is 10.1 Å². The number of hydrogen-bond acceptors (Lipinski definition) is 4. The van der Waals surface area contributed by atoms with E-state index in [9.17, 15) is 9.18 Å². The zero-order valence-electron chi connectivity index (χ0n) is 15.2. The molecule has 4 rings (SSSR count). The Labute approximate surface area is 154 Å². The molecule has 1 unspecified atom stereocenters. The molecule has 1 spiro atoms. The van der Waals surface area contributed by atoms with E-state index < -0.39 is 0 Å². The SMILES string of the molecule is O=C1COC2(CCCN(CC3CCOCC3)C2)CN1c1ccc(F)cc1. The highest BCUT2D eigenvalue weighted by Gasteiger charge is 2.43. The summed E-state index contributed by atoms with van der Waals surface area (Å²) < 4.78 is 24.8. The molecule has 3 aliphatic heterocycles. The predicted molar refractivity (Wildman–Crippen MR) is 96.7 cm³/mol. The van der Waals surface area contributed by atoms with Crippen molar-refractivity contribution >= 4 is 11.6 Å². The van der Waals surface area contributed by atoms with Gasteiger partial charge in [-0.15, -0.1) is 0 Å². The minimum Gasteiger partial charge on any atom is -0.381 e. The summed E-state index contributed by atoms with van der Waals surface area (Å²) >= 11 is 0. The summed E-state index contributed by atoms with van der Waals surface area (Å²) in [6, 6.07) is 6.16. The van der Waals surface area contributed by atoms with E-state index in [0.29, 0.717) is 12.5 Å². The lowest BCUT2D eigenvalue weighted by Crippen LogP contribution is -2.62. The number of piperidine rings is 1. The lowest BCUT2D eigenvalue weighted by molar-refractivity contribution is -0.146. The third-order valence-electron chi connectivity index (χ3n) is 5.86. The Morgan fingerprint density at radius 1 is 1.15 bits per heavy atom. The van der Waals surface area contributed by atoms with Crippen molar-refractivity contribution in [3.63, 3.8) is 0 Å². The minimum atomic E-state index is -0.314. The Hall–Kier alpha value is -1.50. The van der Waals surface area contributed by atoms with Crippen LogP contribution in [-0.2, 0) is 14.3 Å². The number of morpholine rings is 1. The summed E-state index contributed by atoms with van der Waals surface area (Å²) in [5.74, 6) is 0.352. The van der Waals surface area contributed by atoms with Crippen molar-refractivity contribution in [2.24, 2.45) is 5.92 Å². The second-order valence-electron chi connectivity index (χ2n) is 7.82. The summed E-state index contributed by atoms with van der Waals surface area (Å²) in [6.07, 6.45) is 4.30. The van der Waals surface area contributed by atoms with Crippen LogP contribution in [0, 0.1) is 11.7 Å². The molecule has 3 fully saturated rings. The van der Waals surface area contributed by atoms with Crippen LogP contribution in [0.25, 0.3) is 0 Å². The van der Waals surface area contributed by atoms with E-state index in [-0.39, 0.29) is 23.9 Å². The number of hydrogen-bond donors (Lipinski definition) is 0. The van der Waals surface area contributed by atoms with Gasteiger partial charge in [0.2, 0.25) is 0 Å². The Kier molecular flexibility index (Phi) is 5.25. The molecule has 1 aromatic rings. The molecule has 1 aromatic carbocycles. The second-order valence-corrected chi connectivity index (χ2v) is 7.82. The lowest BCUT2D eigenvalue weighted by atomic mass is 9.89. The molecular weight excluding hydrogens is 335 g/mol. The van der Waals surface area contributed by atoms with E-state index in [0.717, 1.165) is 64.2 Å². The van der Waals surface area contributed by atoms with Gasteiger partial charge in [0.15, 0.2) is 0 Å². The van der Waals surface area contributed by atoms with E-state index in [2.05, 4.69) is 4.90 Å². The number of rotatable bonds is 3. The van der Waals surface area contributed by atoms with Crippen molar-refractivity contribution in [1.82, 2.24) is 4.90 Å². The molecule has 3 heterocycles. The number of amides is 1. The van der Waals surface area contributed by atoms with Gasteiger partial charge in [0.25, 0.3) is 5.91 Å². The van der Waals surface area contributed by atoms with E-state index in [1.54, 1.807) is 17.0 Å². The molecule has 0 radical (unpaired) electrons. The maximum atomic E-state index is 13.2. The molecule has 0 saturated carbocycles. The Morgan fingerprint density at radius 2 is 1.92 bits per heavy atom. The van der Waals surface area contributed by atoms with Crippen molar-refractivity contribution in [2.75, 3.05) is 50.9 Å². The highest BCUT2D eigenvalue weighted by molar-refractivity contribution is 5.95. The number of anilines is 1. The summed E-state index contributed by atoms with van der Waals surface area (Å²) in [5, 5.41) is 0. The van der Waals surface area contributed by atoms with Crippen molar-refractivity contribution in [1.29, 1.82) is 0 Å². The minimum absolute atomic E-state index is 0.0521. The van der Waals surface area contributed by atoms with Crippen molar-refractivity contribution in [3.05, 3.63) is 30.1 Å². The van der Waals surface area contributed by atoms with Gasteiger partial charge in [-0.3, -0.25) is 4.79 Å². The number of halogens is 1. The Morgan fingerprint density at radius 3 is 2.69 bits per heavy atom. The van der Waals surface area contributed by atoms with Crippen LogP contribution in [0.5, 0.6) is 0 Å². The zero-order chi connectivity index (χ0) is 18.0. The Bertz CT molecular complexity index is 632. The Balaban J connectivity index is 1.44. The van der Waals surface area contributed by atoms with Crippen LogP contribution in [0.2, 0.25) is 0 Å². The normalized spacial score (nSPS) is 28.7. The van der Waals surface area contributed by atoms with Crippen LogP contribution in [0.1, 0.15) is 25.7 Å². The maximum absolute atomic E-state index is 13.2. The standard InChI is InChI=1S/C20H27FN2O3/c21-17-2-4-18(5-3-17)23-15-20(26-13-19(23)24)8-1-9-22(14-20)12-16-6-10-25-11-7-16/h2-5,16H,1,6-15H2. The van der Waals surface area contributed by atoms with Crippen LogP contribution >= 0.6 is 0 Å². The molecule has 5 nitrogen and oxygen atoms in total. The number of carbonyl (C=O) groups excluding carboxylic acids is 1. The fraction of sp³-hybridized carbons (Fsp3) is 0.650. The first-order chi connectivity index (χ1) is 12.6. The molecule has 1 amide bonds. The third kappa shape index (κ3) is 3.92. The van der Waals surface area contributed by atoms with Gasteiger partial charge in [-0.05, 0) is 62.4 Å². The first-order valence-corrected chi connectivity index (χ1v) is 9.64. The summed E-state index contributed by atoms with van der Waals surface area (Å²) in [7, 11) is 0. The number of nitrogens with zero attached hydrogens (tertiary/aromatic N) is 2. The van der Waals surface area contributed by atoms with Gasteiger partial charge in [-0.2, -0.15) is 0 Å². The van der Waals surface area contributed by atoms with Crippen molar-refractivity contribution in [2.45, 2.75) is 31.3 Å². The van der Waals surface area contributed by atoms with Crippen LogP contribution < -0.4 is 4.90 Å². The van der Waals surface area contributed by atoms with E-state index in [1.807, 2.05) is 0 Å². The van der Waals surface area contributed by atoms with Gasteiger partial charge in [-0.25, -0.2) is 4.39 Å². The zero-order valence-corrected chi connectivity index (χ0v) is 15.2. The van der Waals surface area contributed by atoms with Gasteiger partial charge >= 0.3 is 0 Å². The average Bonchev–Trinajstić information content (AvgIpc) is 2.66. The molecule has 3 saturated heterocycles. The molecule has 142 valence electrons. The monoisotopic (exact) mass is 362 g/mol. The van der Waals surface area contributed by atoms with E-state index >= 15 is 0 Å². The largest absolute Gasteiger partial charge is 0.381 e. The highest BCUT2D eigenvalue weighted by Crippen LogP contribution is 2.32. The summed E-state index contributed by atoms with van der Waals surface area (Å²) in [6.45, 7) is 5.41. The molecule has 26 heavy (non-hydrogen) atoms. The molecule has 0 N–H and O–H groups in total. The first-order valence-electron chi connectivity index (χ1n) is 9.64. The maximum Gasteiger partial charge on any atom is 0.253 e. The fourth-order valence-electron chi connectivity index (χ4n) is 4.46. The van der Waals surface area contributed by atoms with E-state index in [1.165, 1.54) is 12.1 Å². The topological polar surface area (TPSA) is 42.0 Å². The molecule has 0 bridgehead atoms. The van der Waals surface area contributed by atoms with Crippen molar-refractivity contribution < 1.29 is 18.7 Å². The van der Waals surface area contributed by atoms with Crippen molar-refractivity contribution in [3.8, 4) is 0 Å². The number of ether oxygens (including phenoxy) is 2. The molecule has 6 heteroatoms. The molecular formula is C20H27FN2O3. The first kappa shape index (κ1) is 17.9. The predicted octanol–water partition coefficient (Wildman–Crippen LogP) is 2.45. The van der Waals surface area contributed by atoms with Gasteiger partial charge in [0.1, 0.15) is 12.4 Å². The summed E-state index contributed by atoms with van der Waals surface area (Å²) in [4.78, 5) is 16.6. The van der Waals surface area contributed by atoms with E-state index in [4.69, 9.17) is 9.47 Å².